The predicted molar refractivity (Wildman–Crippen MR) is 69.4 cm³/mol. The Morgan fingerprint density at radius 2 is 2.14 bits per heavy atom. The number of hydrogen-bond acceptors (Lipinski definition) is 6. The molecule has 1 aliphatic carbocycles. The molecule has 1 atom stereocenters. The van der Waals surface area contributed by atoms with Crippen LogP contribution in [0.3, 0.4) is 0 Å². The maximum atomic E-state index is 12.5. The van der Waals surface area contributed by atoms with Gasteiger partial charge in [0.15, 0.2) is 9.84 Å². The predicted octanol–water partition coefficient (Wildman–Crippen LogP) is 1.41. The average Bonchev–Trinajstić information content (AvgIpc) is 3.15. The summed E-state index contributed by atoms with van der Waals surface area (Å²) >= 11 is 0. The Hall–Kier alpha value is -1.09. The minimum Gasteiger partial charge on any atom is -0.338 e. The molecule has 0 bridgehead atoms. The smallest absolute Gasteiger partial charge is 0.300 e. The molecule has 0 spiro atoms. The van der Waals surface area contributed by atoms with Gasteiger partial charge in [-0.25, -0.2) is 17.2 Å². The quantitative estimate of drug-likeness (QED) is 0.834. The van der Waals surface area contributed by atoms with Crippen molar-refractivity contribution in [3.05, 3.63) is 11.7 Å². The lowest BCUT2D eigenvalue weighted by molar-refractivity contribution is 0.136. The molecule has 2 heterocycles. The Morgan fingerprint density at radius 1 is 1.38 bits per heavy atom. The van der Waals surface area contributed by atoms with Crippen molar-refractivity contribution in [3.8, 4) is 0 Å². The van der Waals surface area contributed by atoms with E-state index >= 15 is 0 Å². The van der Waals surface area contributed by atoms with Gasteiger partial charge in [-0.1, -0.05) is 5.16 Å². The van der Waals surface area contributed by atoms with E-state index in [0.29, 0.717) is 18.9 Å². The minimum atomic E-state index is -3.04. The zero-order chi connectivity index (χ0) is 15.0. The molecule has 118 valence electrons. The first kappa shape index (κ1) is 14.8. The molecule has 9 heteroatoms. The summed E-state index contributed by atoms with van der Waals surface area (Å²) in [6.45, 7) is 0.837. The van der Waals surface area contributed by atoms with E-state index < -0.39 is 22.1 Å². The van der Waals surface area contributed by atoms with E-state index in [4.69, 9.17) is 4.52 Å². The third-order valence-corrected chi connectivity index (χ3v) is 5.74. The largest absolute Gasteiger partial charge is 0.338 e. The highest BCUT2D eigenvalue weighted by Gasteiger charge is 2.40. The van der Waals surface area contributed by atoms with Crippen LogP contribution in [-0.4, -0.2) is 47.6 Å². The molecule has 3 rings (SSSR count). The van der Waals surface area contributed by atoms with Gasteiger partial charge in [-0.2, -0.15) is 4.98 Å². The molecule has 2 fully saturated rings. The topological polar surface area (TPSA) is 76.3 Å². The van der Waals surface area contributed by atoms with Crippen molar-refractivity contribution >= 4 is 9.84 Å². The summed E-state index contributed by atoms with van der Waals surface area (Å²) in [5.41, 5.74) is 0. The molecular weight excluding hydrogens is 304 g/mol. The number of nitrogens with zero attached hydrogens (tertiary/aromatic N) is 3. The summed E-state index contributed by atoms with van der Waals surface area (Å²) in [5.74, 6) is 0.188. The Morgan fingerprint density at radius 3 is 2.76 bits per heavy atom. The van der Waals surface area contributed by atoms with E-state index in [1.807, 2.05) is 4.90 Å². The summed E-state index contributed by atoms with van der Waals surface area (Å²) < 4.78 is 53.6. The zero-order valence-electron chi connectivity index (χ0n) is 11.4. The normalized spacial score (nSPS) is 26.9. The van der Waals surface area contributed by atoms with Crippen LogP contribution in [0.1, 0.15) is 37.4 Å². The molecule has 0 radical (unpaired) electrons. The fourth-order valence-corrected chi connectivity index (χ4v) is 4.55. The van der Waals surface area contributed by atoms with Crippen LogP contribution in [0.25, 0.3) is 0 Å². The second kappa shape index (κ2) is 5.60. The molecule has 21 heavy (non-hydrogen) atoms. The van der Waals surface area contributed by atoms with Gasteiger partial charge >= 0.3 is 6.43 Å². The van der Waals surface area contributed by atoms with Crippen molar-refractivity contribution < 1.29 is 21.7 Å². The summed E-state index contributed by atoms with van der Waals surface area (Å²) in [5, 5.41) is 3.24. The number of halogens is 2. The van der Waals surface area contributed by atoms with Crippen LogP contribution in [0, 0.1) is 5.92 Å². The van der Waals surface area contributed by atoms with Crippen molar-refractivity contribution in [3.63, 3.8) is 0 Å². The number of sulfone groups is 1. The standard InChI is InChI=1S/C12H17F2N3O3S/c13-11(14)12-15-10(20-16-12)6-17-4-1-5-21(18,19)7-9(17)8-2-3-8/h8-9,11H,1-7H2. The van der Waals surface area contributed by atoms with Crippen LogP contribution in [0.5, 0.6) is 0 Å². The molecule has 0 aromatic carbocycles. The van der Waals surface area contributed by atoms with Crippen LogP contribution < -0.4 is 0 Å². The van der Waals surface area contributed by atoms with Gasteiger partial charge in [-0.15, -0.1) is 0 Å². The van der Waals surface area contributed by atoms with E-state index in [2.05, 4.69) is 10.1 Å². The molecule has 1 aromatic heterocycles. The lowest BCUT2D eigenvalue weighted by Crippen LogP contribution is -2.39. The number of aromatic nitrogens is 2. The van der Waals surface area contributed by atoms with Crippen LogP contribution in [0.4, 0.5) is 8.78 Å². The van der Waals surface area contributed by atoms with Gasteiger partial charge < -0.3 is 4.52 Å². The number of hydrogen-bond donors (Lipinski definition) is 0. The SMILES string of the molecule is O=S1(=O)CCCN(Cc2nc(C(F)F)no2)C(C2CC2)C1. The highest BCUT2D eigenvalue weighted by Crippen LogP contribution is 2.37. The van der Waals surface area contributed by atoms with Crippen LogP contribution >= 0.6 is 0 Å². The first-order valence-corrected chi connectivity index (χ1v) is 8.82. The van der Waals surface area contributed by atoms with Crippen LogP contribution in [0.2, 0.25) is 0 Å². The summed E-state index contributed by atoms with van der Waals surface area (Å²) in [4.78, 5) is 5.66. The summed E-state index contributed by atoms with van der Waals surface area (Å²) in [6, 6.07) is -0.0700. The van der Waals surface area contributed by atoms with Gasteiger partial charge in [0.2, 0.25) is 11.7 Å². The fraction of sp³-hybridized carbons (Fsp3) is 0.833. The van der Waals surface area contributed by atoms with Gasteiger partial charge in [0, 0.05) is 6.04 Å². The van der Waals surface area contributed by atoms with E-state index in [-0.39, 0.29) is 30.0 Å². The third kappa shape index (κ3) is 3.57. The molecule has 1 aliphatic heterocycles. The van der Waals surface area contributed by atoms with Gasteiger partial charge in [-0.05, 0) is 31.7 Å². The van der Waals surface area contributed by atoms with Gasteiger partial charge in [0.25, 0.3) is 0 Å². The third-order valence-electron chi connectivity index (χ3n) is 3.98. The molecule has 1 unspecified atom stereocenters. The zero-order valence-corrected chi connectivity index (χ0v) is 12.2. The Bertz CT molecular complexity index is 601. The summed E-state index contributed by atoms with van der Waals surface area (Å²) in [6.07, 6.45) is -0.182. The van der Waals surface area contributed by atoms with Crippen molar-refractivity contribution in [2.75, 3.05) is 18.1 Å². The maximum Gasteiger partial charge on any atom is 0.300 e. The van der Waals surface area contributed by atoms with Crippen molar-refractivity contribution in [1.82, 2.24) is 15.0 Å². The molecule has 1 saturated carbocycles. The minimum absolute atomic E-state index is 0.0700. The Labute approximate surface area is 121 Å². The maximum absolute atomic E-state index is 12.5. The molecule has 1 aromatic rings. The van der Waals surface area contributed by atoms with Crippen LogP contribution in [-0.2, 0) is 16.4 Å². The highest BCUT2D eigenvalue weighted by atomic mass is 32.2. The molecule has 0 amide bonds. The Balaban J connectivity index is 1.75. The lowest BCUT2D eigenvalue weighted by Gasteiger charge is -2.27. The first-order chi connectivity index (χ1) is 9.94. The molecule has 2 aliphatic rings. The Kier molecular flexibility index (Phi) is 3.96. The van der Waals surface area contributed by atoms with E-state index in [0.717, 1.165) is 12.8 Å². The van der Waals surface area contributed by atoms with Crippen molar-refractivity contribution in [2.24, 2.45) is 5.92 Å². The fourth-order valence-electron chi connectivity index (χ4n) is 2.81. The molecule has 1 saturated heterocycles. The highest BCUT2D eigenvalue weighted by molar-refractivity contribution is 7.91. The number of rotatable bonds is 4. The van der Waals surface area contributed by atoms with E-state index in [1.165, 1.54) is 0 Å². The second-order valence-corrected chi connectivity index (χ2v) is 7.92. The number of alkyl halides is 2. The molecule has 6 nitrogen and oxygen atoms in total. The first-order valence-electron chi connectivity index (χ1n) is 7.00. The van der Waals surface area contributed by atoms with Crippen LogP contribution in [0.15, 0.2) is 4.52 Å². The molecular formula is C12H17F2N3O3S. The van der Waals surface area contributed by atoms with E-state index in [9.17, 15) is 17.2 Å². The van der Waals surface area contributed by atoms with Gasteiger partial charge in [0.1, 0.15) is 0 Å². The monoisotopic (exact) mass is 321 g/mol. The van der Waals surface area contributed by atoms with Gasteiger partial charge in [-0.3, -0.25) is 4.90 Å². The van der Waals surface area contributed by atoms with Gasteiger partial charge in [0.05, 0.1) is 18.1 Å². The van der Waals surface area contributed by atoms with E-state index in [1.54, 1.807) is 0 Å². The summed E-state index contributed by atoms with van der Waals surface area (Å²) in [7, 11) is -3.04. The van der Waals surface area contributed by atoms with Crippen molar-refractivity contribution in [1.29, 1.82) is 0 Å². The molecule has 0 N–H and O–H groups in total. The van der Waals surface area contributed by atoms with Crippen molar-refractivity contribution in [2.45, 2.75) is 38.3 Å². The lowest BCUT2D eigenvalue weighted by atomic mass is 10.1. The average molecular weight is 321 g/mol. The second-order valence-electron chi connectivity index (χ2n) is 5.69.